The maximum absolute atomic E-state index is 13.7. The number of phenolic OH excluding ortho intramolecular Hbond substituents is 1. The second kappa shape index (κ2) is 7.49. The van der Waals surface area contributed by atoms with Crippen LogP contribution in [0.4, 0.5) is 0 Å². The van der Waals surface area contributed by atoms with Gasteiger partial charge < -0.3 is 25.0 Å². The minimum absolute atomic E-state index is 0.114. The molecule has 6 atom stereocenters. The molecule has 4 bridgehead atoms. The van der Waals surface area contributed by atoms with E-state index in [4.69, 9.17) is 9.47 Å². The van der Waals surface area contributed by atoms with Crippen molar-refractivity contribution in [2.75, 3.05) is 19.6 Å². The Morgan fingerprint density at radius 2 is 1.95 bits per heavy atom. The Bertz CT molecular complexity index is 1280. The first kappa shape index (κ1) is 22.4. The number of fused-ring (bicyclic) bond motifs is 2. The smallest absolute Gasteiger partial charge is 0.252 e. The van der Waals surface area contributed by atoms with Crippen molar-refractivity contribution in [2.24, 2.45) is 5.92 Å². The molecule has 0 radical (unpaired) electrons. The van der Waals surface area contributed by atoms with Gasteiger partial charge in [-0.15, -0.1) is 0 Å². The molecule has 5 unspecified atom stereocenters. The third kappa shape index (κ3) is 2.80. The lowest BCUT2D eigenvalue weighted by Gasteiger charge is -2.72. The zero-order valence-electron chi connectivity index (χ0n) is 21.0. The highest BCUT2D eigenvalue weighted by molar-refractivity contribution is 5.83. The van der Waals surface area contributed by atoms with Crippen molar-refractivity contribution in [3.05, 3.63) is 59.2 Å². The first-order valence-electron chi connectivity index (χ1n) is 13.9. The van der Waals surface area contributed by atoms with Crippen LogP contribution in [0.2, 0.25) is 0 Å². The van der Waals surface area contributed by atoms with Crippen molar-refractivity contribution >= 4 is 5.91 Å². The Morgan fingerprint density at radius 1 is 1.11 bits per heavy atom. The van der Waals surface area contributed by atoms with Crippen molar-refractivity contribution in [3.63, 3.8) is 0 Å². The molecule has 5 fully saturated rings. The van der Waals surface area contributed by atoms with E-state index in [1.54, 1.807) is 6.07 Å². The van der Waals surface area contributed by atoms with E-state index in [-0.39, 0.29) is 17.7 Å². The number of likely N-dealkylation sites (tertiary alicyclic amines) is 1. The Balaban J connectivity index is 1.18. The van der Waals surface area contributed by atoms with Gasteiger partial charge in [0.1, 0.15) is 11.7 Å². The highest BCUT2D eigenvalue weighted by Gasteiger charge is 2.82. The molecular formula is C30H34N2O5. The average Bonchev–Trinajstić information content (AvgIpc) is 3.64. The SMILES string of the molecule is O=C(NCCc1ccccc1)[C@H]1OC23CCC1(O)C1Oc4c(O)ccc5c4C12CCN(CC1CC1)C3C5. The second-order valence-corrected chi connectivity index (χ2v) is 12.2. The van der Waals surface area contributed by atoms with Crippen LogP contribution in [0.1, 0.15) is 48.8 Å². The number of carbonyl (C=O) groups is 1. The van der Waals surface area contributed by atoms with Crippen LogP contribution in [0.3, 0.4) is 0 Å². The first-order valence-corrected chi connectivity index (χ1v) is 13.9. The maximum atomic E-state index is 13.7. The lowest BCUT2D eigenvalue weighted by atomic mass is 9.44. The van der Waals surface area contributed by atoms with Gasteiger partial charge >= 0.3 is 0 Å². The van der Waals surface area contributed by atoms with Crippen LogP contribution in [0.25, 0.3) is 0 Å². The van der Waals surface area contributed by atoms with Gasteiger partial charge in [0, 0.05) is 24.7 Å². The van der Waals surface area contributed by atoms with E-state index >= 15 is 0 Å². The standard InChI is InChI=1S/C30H34N2O5/c33-21-9-8-20-16-22-30-12-11-29(35,25(37-30)26(34)31-14-10-18-4-2-1-3-5-18)27-28(30,23(20)24(21)36-27)13-15-32(22)17-19-6-7-19/h1-5,8-9,19,22,25,27,33,35H,6-7,10-17H2,(H,31,34)/t22?,25-,27?,28?,29?,30?/m1/s1. The monoisotopic (exact) mass is 502 g/mol. The fourth-order valence-corrected chi connectivity index (χ4v) is 8.67. The van der Waals surface area contributed by atoms with Gasteiger partial charge in [0.2, 0.25) is 0 Å². The molecule has 2 aromatic rings. The topological polar surface area (TPSA) is 91.3 Å². The normalized spacial score (nSPS) is 38.7. The van der Waals surface area contributed by atoms with Gasteiger partial charge in [-0.3, -0.25) is 9.69 Å². The first-order chi connectivity index (χ1) is 18.0. The number of aromatic hydroxyl groups is 1. The zero-order valence-corrected chi connectivity index (χ0v) is 21.0. The van der Waals surface area contributed by atoms with E-state index in [1.807, 2.05) is 36.4 Å². The molecule has 2 aromatic carbocycles. The predicted molar refractivity (Wildman–Crippen MR) is 136 cm³/mol. The summed E-state index contributed by atoms with van der Waals surface area (Å²) in [5.74, 6) is 1.09. The van der Waals surface area contributed by atoms with E-state index in [9.17, 15) is 15.0 Å². The van der Waals surface area contributed by atoms with Crippen LogP contribution in [-0.4, -0.2) is 70.1 Å². The Morgan fingerprint density at radius 3 is 2.76 bits per heavy atom. The number of hydrogen-bond acceptors (Lipinski definition) is 6. The van der Waals surface area contributed by atoms with Crippen LogP contribution in [0, 0.1) is 5.92 Å². The number of carbonyl (C=O) groups excluding carboxylic acids is 1. The molecule has 0 aromatic heterocycles. The van der Waals surface area contributed by atoms with Gasteiger partial charge in [0.05, 0.1) is 11.0 Å². The van der Waals surface area contributed by atoms with Crippen LogP contribution in [0.5, 0.6) is 11.5 Å². The molecule has 3 N–H and O–H groups in total. The lowest BCUT2D eigenvalue weighted by Crippen LogP contribution is -2.87. The maximum Gasteiger partial charge on any atom is 0.252 e. The molecular weight excluding hydrogens is 468 g/mol. The highest BCUT2D eigenvalue weighted by Crippen LogP contribution is 2.71. The molecule has 4 aliphatic heterocycles. The van der Waals surface area contributed by atoms with E-state index < -0.39 is 28.8 Å². The van der Waals surface area contributed by atoms with Gasteiger partial charge in [-0.05, 0) is 74.6 Å². The van der Waals surface area contributed by atoms with Crippen LogP contribution >= 0.6 is 0 Å². The molecule has 37 heavy (non-hydrogen) atoms. The van der Waals surface area contributed by atoms with Crippen LogP contribution in [0.15, 0.2) is 42.5 Å². The van der Waals surface area contributed by atoms with Gasteiger partial charge in [0.15, 0.2) is 17.6 Å². The quantitative estimate of drug-likeness (QED) is 0.562. The predicted octanol–water partition coefficient (Wildman–Crippen LogP) is 2.45. The molecule has 3 aliphatic carbocycles. The fourth-order valence-electron chi connectivity index (χ4n) is 8.67. The van der Waals surface area contributed by atoms with Gasteiger partial charge in [-0.2, -0.15) is 0 Å². The third-order valence-electron chi connectivity index (χ3n) is 10.4. The molecule has 2 spiro atoms. The summed E-state index contributed by atoms with van der Waals surface area (Å²) in [6, 6.07) is 13.9. The van der Waals surface area contributed by atoms with Crippen molar-refractivity contribution < 1.29 is 24.5 Å². The summed E-state index contributed by atoms with van der Waals surface area (Å²) in [7, 11) is 0. The minimum atomic E-state index is -1.46. The van der Waals surface area contributed by atoms with Gasteiger partial charge in [-0.25, -0.2) is 0 Å². The molecule has 1 amide bonds. The number of nitrogens with one attached hydrogen (secondary N) is 1. The lowest BCUT2D eigenvalue weighted by molar-refractivity contribution is -0.345. The van der Waals surface area contributed by atoms with E-state index in [0.717, 1.165) is 43.0 Å². The molecule has 4 heterocycles. The van der Waals surface area contributed by atoms with E-state index in [2.05, 4.69) is 10.2 Å². The van der Waals surface area contributed by atoms with Crippen LogP contribution in [-0.2, 0) is 27.8 Å². The molecule has 7 nitrogen and oxygen atoms in total. The summed E-state index contributed by atoms with van der Waals surface area (Å²) in [4.78, 5) is 16.3. The number of hydrogen-bond donors (Lipinski definition) is 3. The molecule has 2 saturated carbocycles. The Labute approximate surface area is 216 Å². The zero-order chi connectivity index (χ0) is 25.0. The summed E-state index contributed by atoms with van der Waals surface area (Å²) in [5.41, 5.74) is 0.744. The number of phenols is 1. The fraction of sp³-hybridized carbons (Fsp3) is 0.567. The van der Waals surface area contributed by atoms with Gasteiger partial charge in [-0.1, -0.05) is 36.4 Å². The number of amides is 1. The highest BCUT2D eigenvalue weighted by atomic mass is 16.6. The summed E-state index contributed by atoms with van der Waals surface area (Å²) >= 11 is 0. The van der Waals surface area contributed by atoms with Crippen molar-refractivity contribution in [1.82, 2.24) is 10.2 Å². The Hall–Kier alpha value is -2.61. The average molecular weight is 503 g/mol. The summed E-state index contributed by atoms with van der Waals surface area (Å²) in [5, 5.41) is 26.1. The Kier molecular flexibility index (Phi) is 4.53. The summed E-state index contributed by atoms with van der Waals surface area (Å²) in [6.45, 7) is 2.46. The second-order valence-electron chi connectivity index (χ2n) is 12.2. The van der Waals surface area contributed by atoms with Crippen molar-refractivity contribution in [1.29, 1.82) is 0 Å². The van der Waals surface area contributed by atoms with Crippen LogP contribution < -0.4 is 10.1 Å². The molecule has 9 rings (SSSR count). The number of aliphatic hydroxyl groups is 1. The number of ether oxygens (including phenoxy) is 2. The number of benzene rings is 2. The molecule has 194 valence electrons. The summed E-state index contributed by atoms with van der Waals surface area (Å²) in [6.07, 6.45) is 4.43. The van der Waals surface area contributed by atoms with Crippen molar-refractivity contribution in [3.8, 4) is 11.5 Å². The largest absolute Gasteiger partial charge is 0.504 e. The van der Waals surface area contributed by atoms with Crippen molar-refractivity contribution in [2.45, 2.75) is 79.8 Å². The molecule has 7 heteroatoms. The number of piperidine rings is 1. The third-order valence-corrected chi connectivity index (χ3v) is 10.4. The minimum Gasteiger partial charge on any atom is -0.504 e. The van der Waals surface area contributed by atoms with E-state index in [1.165, 1.54) is 18.4 Å². The number of nitrogens with zero attached hydrogens (tertiary/aromatic N) is 1. The van der Waals surface area contributed by atoms with E-state index in [0.29, 0.717) is 31.6 Å². The summed E-state index contributed by atoms with van der Waals surface area (Å²) < 4.78 is 13.5. The molecule has 7 aliphatic rings. The molecule has 3 saturated heterocycles. The number of rotatable bonds is 6. The van der Waals surface area contributed by atoms with Gasteiger partial charge in [0.25, 0.3) is 5.91 Å².